The van der Waals surface area contributed by atoms with Gasteiger partial charge in [0.25, 0.3) is 5.56 Å². The molecule has 2 heterocycles. The summed E-state index contributed by atoms with van der Waals surface area (Å²) in [6.45, 7) is 0.985. The number of terminal acetylenes is 1. The third-order valence-corrected chi connectivity index (χ3v) is 3.24. The maximum absolute atomic E-state index is 11.7. The van der Waals surface area contributed by atoms with Crippen LogP contribution in [0.15, 0.2) is 15.8 Å². The summed E-state index contributed by atoms with van der Waals surface area (Å²) in [5.41, 5.74) is -2.32. The summed E-state index contributed by atoms with van der Waals surface area (Å²) in [7, 11) is 0. The van der Waals surface area contributed by atoms with Crippen molar-refractivity contribution in [2.24, 2.45) is 0 Å². The lowest BCUT2D eigenvalue weighted by molar-refractivity contribution is -0.0913. The average Bonchev–Trinajstić information content (AvgIpc) is 2.71. The van der Waals surface area contributed by atoms with Crippen LogP contribution in [-0.2, 0) is 4.74 Å². The molecule has 102 valence electrons. The van der Waals surface area contributed by atoms with Gasteiger partial charge in [0.05, 0.1) is 6.61 Å². The smallest absolute Gasteiger partial charge is 0.330 e. The van der Waals surface area contributed by atoms with Crippen LogP contribution in [-0.4, -0.2) is 38.1 Å². The first-order chi connectivity index (χ1) is 8.93. The Bertz CT molecular complexity index is 641. The normalized spacial score (nSPS) is 30.2. The number of aromatic nitrogens is 2. The fourth-order valence-corrected chi connectivity index (χ4v) is 2.04. The van der Waals surface area contributed by atoms with Gasteiger partial charge in [-0.05, 0) is 6.92 Å². The molecule has 1 aliphatic heterocycles. The van der Waals surface area contributed by atoms with E-state index in [2.05, 4.69) is 10.9 Å². The van der Waals surface area contributed by atoms with Crippen LogP contribution in [0.1, 0.15) is 18.2 Å². The number of H-pyrrole nitrogens is 1. The molecule has 0 aromatic carbocycles. The molecule has 0 spiro atoms. The minimum absolute atomic E-state index is 0.0517. The molecule has 7 heteroatoms. The minimum Gasteiger partial charge on any atom is -0.392 e. The fourth-order valence-electron chi connectivity index (χ4n) is 2.04. The quantitative estimate of drug-likeness (QED) is 0.564. The molecule has 19 heavy (non-hydrogen) atoms. The third kappa shape index (κ3) is 2.10. The van der Waals surface area contributed by atoms with Gasteiger partial charge >= 0.3 is 5.69 Å². The molecule has 7 nitrogen and oxygen atoms in total. The Balaban J connectivity index is 2.42. The Kier molecular flexibility index (Phi) is 3.32. The van der Waals surface area contributed by atoms with Crippen LogP contribution in [0.25, 0.3) is 0 Å². The van der Waals surface area contributed by atoms with E-state index in [4.69, 9.17) is 11.2 Å². The lowest BCUT2D eigenvalue weighted by Crippen LogP contribution is -2.41. The van der Waals surface area contributed by atoms with Crippen molar-refractivity contribution >= 4 is 0 Å². The maximum Gasteiger partial charge on any atom is 0.330 e. The van der Waals surface area contributed by atoms with Gasteiger partial charge in [-0.2, -0.15) is 0 Å². The van der Waals surface area contributed by atoms with E-state index in [1.54, 1.807) is 6.92 Å². The molecule has 1 saturated heterocycles. The molecular weight excluding hydrogens is 252 g/mol. The van der Waals surface area contributed by atoms with Gasteiger partial charge in [0.1, 0.15) is 12.3 Å². The summed E-state index contributed by atoms with van der Waals surface area (Å²) in [6, 6.07) is 0. The minimum atomic E-state index is -1.52. The van der Waals surface area contributed by atoms with Gasteiger partial charge in [-0.3, -0.25) is 14.3 Å². The number of aliphatic hydroxyl groups is 2. The molecule has 0 aliphatic carbocycles. The van der Waals surface area contributed by atoms with E-state index in [0.29, 0.717) is 5.56 Å². The summed E-state index contributed by atoms with van der Waals surface area (Å²) in [5.74, 6) is 2.21. The van der Waals surface area contributed by atoms with Crippen molar-refractivity contribution in [2.45, 2.75) is 31.3 Å². The highest BCUT2D eigenvalue weighted by Gasteiger charge is 2.47. The van der Waals surface area contributed by atoms with Gasteiger partial charge in [-0.25, -0.2) is 4.79 Å². The largest absolute Gasteiger partial charge is 0.392 e. The standard InChI is InChI=1S/C12H14N2O5/c1-3-12(6-15)8(16)4-9(19-12)14-5-7(2)10(17)13-11(14)18/h1,5,8-9,15-16H,4,6H2,2H3,(H,13,17,18)/t8-,9-,12-/m1/s1. The summed E-state index contributed by atoms with van der Waals surface area (Å²) < 4.78 is 6.57. The van der Waals surface area contributed by atoms with Crippen molar-refractivity contribution in [3.8, 4) is 12.3 Å². The van der Waals surface area contributed by atoms with Crippen molar-refractivity contribution < 1.29 is 14.9 Å². The van der Waals surface area contributed by atoms with Gasteiger partial charge in [0.15, 0.2) is 5.60 Å². The zero-order valence-electron chi connectivity index (χ0n) is 10.3. The molecule has 1 aromatic heterocycles. The first kappa shape index (κ1) is 13.5. The predicted octanol–water partition coefficient (Wildman–Crippen LogP) is -1.51. The molecule has 1 fully saturated rings. The summed E-state index contributed by atoms with van der Waals surface area (Å²) in [5, 5.41) is 19.1. The summed E-state index contributed by atoms with van der Waals surface area (Å²) in [6.07, 6.45) is 4.73. The molecule has 3 atom stereocenters. The van der Waals surface area contributed by atoms with Gasteiger partial charge in [0.2, 0.25) is 0 Å². The highest BCUT2D eigenvalue weighted by Crippen LogP contribution is 2.35. The third-order valence-electron chi connectivity index (χ3n) is 3.24. The van der Waals surface area contributed by atoms with E-state index < -0.39 is 35.8 Å². The number of nitrogens with one attached hydrogen (secondary N) is 1. The Hall–Kier alpha value is -1.88. The van der Waals surface area contributed by atoms with Crippen LogP contribution in [0.2, 0.25) is 0 Å². The number of ether oxygens (including phenoxy) is 1. The van der Waals surface area contributed by atoms with E-state index in [1.165, 1.54) is 6.20 Å². The highest BCUT2D eigenvalue weighted by molar-refractivity contribution is 5.16. The Labute approximate surface area is 108 Å². The van der Waals surface area contributed by atoms with E-state index in [9.17, 15) is 19.8 Å². The van der Waals surface area contributed by atoms with Crippen molar-refractivity contribution in [1.29, 1.82) is 0 Å². The van der Waals surface area contributed by atoms with Gasteiger partial charge < -0.3 is 14.9 Å². The van der Waals surface area contributed by atoms with Crippen LogP contribution in [0.5, 0.6) is 0 Å². The maximum atomic E-state index is 11.7. The molecule has 1 aliphatic rings. The second-order valence-corrected chi connectivity index (χ2v) is 4.49. The number of aliphatic hydroxyl groups excluding tert-OH is 2. The predicted molar refractivity (Wildman–Crippen MR) is 65.5 cm³/mol. The Morgan fingerprint density at radius 1 is 1.68 bits per heavy atom. The van der Waals surface area contributed by atoms with Crippen molar-refractivity contribution in [1.82, 2.24) is 9.55 Å². The Morgan fingerprint density at radius 3 is 2.89 bits per heavy atom. The van der Waals surface area contributed by atoms with E-state index in [1.807, 2.05) is 0 Å². The van der Waals surface area contributed by atoms with Gasteiger partial charge in [0, 0.05) is 18.2 Å². The number of hydrogen-bond donors (Lipinski definition) is 3. The number of aromatic amines is 1. The molecule has 0 unspecified atom stereocenters. The second kappa shape index (κ2) is 4.66. The first-order valence-electron chi connectivity index (χ1n) is 5.70. The van der Waals surface area contributed by atoms with Crippen LogP contribution in [0.3, 0.4) is 0 Å². The number of hydrogen-bond acceptors (Lipinski definition) is 5. The Morgan fingerprint density at radius 2 is 2.37 bits per heavy atom. The van der Waals surface area contributed by atoms with E-state index in [0.717, 1.165) is 4.57 Å². The highest BCUT2D eigenvalue weighted by atomic mass is 16.6. The topological polar surface area (TPSA) is 105 Å². The molecule has 2 rings (SSSR count). The van der Waals surface area contributed by atoms with Crippen molar-refractivity contribution in [3.63, 3.8) is 0 Å². The molecule has 0 radical (unpaired) electrons. The molecular formula is C12H14N2O5. The zero-order chi connectivity index (χ0) is 14.2. The molecule has 0 amide bonds. The van der Waals surface area contributed by atoms with Crippen LogP contribution in [0.4, 0.5) is 0 Å². The van der Waals surface area contributed by atoms with E-state index >= 15 is 0 Å². The SMILES string of the molecule is C#C[C@]1(CO)O[C@@H](n2cc(C)c(=O)[nH]c2=O)C[C@H]1O. The first-order valence-corrected chi connectivity index (χ1v) is 5.70. The van der Waals surface area contributed by atoms with Crippen molar-refractivity contribution in [3.05, 3.63) is 32.6 Å². The molecule has 1 aromatic rings. The van der Waals surface area contributed by atoms with E-state index in [-0.39, 0.29) is 6.42 Å². The number of rotatable bonds is 2. The van der Waals surface area contributed by atoms with Crippen LogP contribution in [0, 0.1) is 19.3 Å². The summed E-state index contributed by atoms with van der Waals surface area (Å²) in [4.78, 5) is 25.1. The average molecular weight is 266 g/mol. The second-order valence-electron chi connectivity index (χ2n) is 4.49. The van der Waals surface area contributed by atoms with Gasteiger partial charge in [-0.1, -0.05) is 5.92 Å². The van der Waals surface area contributed by atoms with Gasteiger partial charge in [-0.15, -0.1) is 6.42 Å². The summed E-state index contributed by atoms with van der Waals surface area (Å²) >= 11 is 0. The monoisotopic (exact) mass is 266 g/mol. The molecule has 3 N–H and O–H groups in total. The number of aryl methyl sites for hydroxylation is 1. The van der Waals surface area contributed by atoms with Crippen LogP contribution < -0.4 is 11.2 Å². The molecule has 0 bridgehead atoms. The fraction of sp³-hybridized carbons (Fsp3) is 0.500. The zero-order valence-corrected chi connectivity index (χ0v) is 10.3. The lowest BCUT2D eigenvalue weighted by atomic mass is 9.99. The van der Waals surface area contributed by atoms with Crippen molar-refractivity contribution in [2.75, 3.05) is 6.61 Å². The van der Waals surface area contributed by atoms with Crippen LogP contribution >= 0.6 is 0 Å². The number of nitrogens with zero attached hydrogens (tertiary/aromatic N) is 1. The molecule has 0 saturated carbocycles. The lowest BCUT2D eigenvalue weighted by Gasteiger charge is -2.23.